The third kappa shape index (κ3) is 1.10. The largest absolute Gasteiger partial charge is 0.314 e. The molecule has 2 atom stereocenters. The number of hydrogen-bond acceptors (Lipinski definition) is 1. The Bertz CT molecular complexity index is 162. The van der Waals surface area contributed by atoms with Crippen molar-refractivity contribution < 1.29 is 0 Å². The Morgan fingerprint density at radius 1 is 1.08 bits per heavy atom. The number of nitrogens with one attached hydrogen (secondary N) is 1. The first-order chi connectivity index (χ1) is 5.66. The molecule has 70 valence electrons. The van der Waals surface area contributed by atoms with Crippen LogP contribution in [0.3, 0.4) is 0 Å². The number of hydrogen-bond donors (Lipinski definition) is 1. The molecule has 2 aliphatic carbocycles. The minimum atomic E-state index is 0.541. The van der Waals surface area contributed by atoms with Gasteiger partial charge < -0.3 is 5.32 Å². The standard InChI is InChI=1S/C11H21N/c1-8-4-10-5-9(2)7-11(10,6-8)12-3/h8-10,12H,4-7H2,1-3H3. The van der Waals surface area contributed by atoms with Crippen LogP contribution >= 0.6 is 0 Å². The SMILES string of the molecule is CNC12CC(C)CC1CC(C)C2. The van der Waals surface area contributed by atoms with Crippen LogP contribution in [0.1, 0.15) is 39.5 Å². The van der Waals surface area contributed by atoms with Crippen molar-refractivity contribution in [3.05, 3.63) is 0 Å². The van der Waals surface area contributed by atoms with Crippen molar-refractivity contribution >= 4 is 0 Å². The van der Waals surface area contributed by atoms with E-state index in [-0.39, 0.29) is 0 Å². The van der Waals surface area contributed by atoms with E-state index in [0.29, 0.717) is 5.54 Å². The first-order valence-corrected chi connectivity index (χ1v) is 5.35. The van der Waals surface area contributed by atoms with Gasteiger partial charge >= 0.3 is 0 Å². The summed E-state index contributed by atoms with van der Waals surface area (Å²) in [4.78, 5) is 0. The fraction of sp³-hybridized carbons (Fsp3) is 1.00. The summed E-state index contributed by atoms with van der Waals surface area (Å²) < 4.78 is 0. The topological polar surface area (TPSA) is 12.0 Å². The van der Waals surface area contributed by atoms with Gasteiger partial charge in [-0.05, 0) is 50.5 Å². The normalized spacial score (nSPS) is 52.8. The highest BCUT2D eigenvalue weighted by molar-refractivity contribution is 5.06. The van der Waals surface area contributed by atoms with Gasteiger partial charge in [-0.2, -0.15) is 0 Å². The van der Waals surface area contributed by atoms with Crippen LogP contribution in [-0.4, -0.2) is 12.6 Å². The Balaban J connectivity index is 2.16. The van der Waals surface area contributed by atoms with Gasteiger partial charge in [-0.15, -0.1) is 0 Å². The molecule has 2 saturated carbocycles. The van der Waals surface area contributed by atoms with Crippen LogP contribution in [0, 0.1) is 17.8 Å². The molecule has 0 saturated heterocycles. The van der Waals surface area contributed by atoms with E-state index in [2.05, 4.69) is 26.2 Å². The summed E-state index contributed by atoms with van der Waals surface area (Å²) in [5, 5.41) is 3.60. The number of rotatable bonds is 1. The first-order valence-electron chi connectivity index (χ1n) is 5.35. The van der Waals surface area contributed by atoms with Crippen LogP contribution in [0.2, 0.25) is 0 Å². The molecule has 1 nitrogen and oxygen atoms in total. The molecule has 1 N–H and O–H groups in total. The minimum absolute atomic E-state index is 0.541. The third-order valence-electron chi connectivity index (χ3n) is 4.08. The summed E-state index contributed by atoms with van der Waals surface area (Å²) in [6.45, 7) is 4.81. The van der Waals surface area contributed by atoms with Crippen molar-refractivity contribution in [2.75, 3.05) is 7.05 Å². The minimum Gasteiger partial charge on any atom is -0.314 e. The zero-order chi connectivity index (χ0) is 8.77. The van der Waals surface area contributed by atoms with Crippen LogP contribution in [0.15, 0.2) is 0 Å². The van der Waals surface area contributed by atoms with Gasteiger partial charge in [-0.3, -0.25) is 0 Å². The van der Waals surface area contributed by atoms with Crippen LogP contribution < -0.4 is 5.32 Å². The average Bonchev–Trinajstić information content (AvgIpc) is 2.40. The second-order valence-corrected chi connectivity index (χ2v) is 5.19. The second-order valence-electron chi connectivity index (χ2n) is 5.19. The van der Waals surface area contributed by atoms with E-state index in [1.807, 2.05) is 0 Å². The Kier molecular flexibility index (Phi) is 1.95. The maximum absolute atomic E-state index is 3.60. The van der Waals surface area contributed by atoms with E-state index < -0.39 is 0 Å². The molecule has 0 aromatic heterocycles. The van der Waals surface area contributed by atoms with Crippen molar-refractivity contribution in [1.82, 2.24) is 5.32 Å². The Morgan fingerprint density at radius 2 is 1.58 bits per heavy atom. The van der Waals surface area contributed by atoms with E-state index in [1.165, 1.54) is 25.7 Å². The molecule has 1 heteroatoms. The van der Waals surface area contributed by atoms with E-state index in [1.54, 1.807) is 0 Å². The van der Waals surface area contributed by atoms with Crippen molar-refractivity contribution in [3.8, 4) is 0 Å². The van der Waals surface area contributed by atoms with E-state index in [0.717, 1.165) is 17.8 Å². The van der Waals surface area contributed by atoms with Gasteiger partial charge in [0.15, 0.2) is 0 Å². The molecule has 2 aliphatic rings. The molecule has 0 spiro atoms. The highest BCUT2D eigenvalue weighted by atomic mass is 15.0. The summed E-state index contributed by atoms with van der Waals surface area (Å²) in [6.07, 6.45) is 5.76. The van der Waals surface area contributed by atoms with E-state index in [4.69, 9.17) is 0 Å². The summed E-state index contributed by atoms with van der Waals surface area (Å²) in [5.74, 6) is 2.89. The lowest BCUT2D eigenvalue weighted by molar-refractivity contribution is 0.299. The molecule has 0 heterocycles. The average molecular weight is 167 g/mol. The van der Waals surface area contributed by atoms with Crippen LogP contribution in [0.25, 0.3) is 0 Å². The van der Waals surface area contributed by atoms with Crippen LogP contribution in [0.4, 0.5) is 0 Å². The molecule has 0 radical (unpaired) electrons. The van der Waals surface area contributed by atoms with Crippen molar-refractivity contribution in [3.63, 3.8) is 0 Å². The zero-order valence-electron chi connectivity index (χ0n) is 8.56. The molecule has 2 unspecified atom stereocenters. The maximum Gasteiger partial charge on any atom is 0.0211 e. The maximum atomic E-state index is 3.60. The first kappa shape index (κ1) is 8.55. The molecule has 0 aromatic carbocycles. The fourth-order valence-corrected chi connectivity index (χ4v) is 3.75. The smallest absolute Gasteiger partial charge is 0.0211 e. The monoisotopic (exact) mass is 167 g/mol. The second kappa shape index (κ2) is 2.73. The molecular formula is C11H21N. The van der Waals surface area contributed by atoms with E-state index in [9.17, 15) is 0 Å². The van der Waals surface area contributed by atoms with Crippen molar-refractivity contribution in [2.24, 2.45) is 17.8 Å². The lowest BCUT2D eigenvalue weighted by Gasteiger charge is -2.29. The summed E-state index contributed by atoms with van der Waals surface area (Å²) in [7, 11) is 2.16. The van der Waals surface area contributed by atoms with Crippen LogP contribution in [0.5, 0.6) is 0 Å². The van der Waals surface area contributed by atoms with Gasteiger partial charge in [0.25, 0.3) is 0 Å². The van der Waals surface area contributed by atoms with Gasteiger partial charge in [0.2, 0.25) is 0 Å². The van der Waals surface area contributed by atoms with E-state index >= 15 is 0 Å². The molecular weight excluding hydrogens is 146 g/mol. The Morgan fingerprint density at radius 3 is 1.92 bits per heavy atom. The summed E-state index contributed by atoms with van der Waals surface area (Å²) in [6, 6.07) is 0. The predicted molar refractivity (Wildman–Crippen MR) is 52.1 cm³/mol. The molecule has 2 fully saturated rings. The number of fused-ring (bicyclic) bond motifs is 1. The fourth-order valence-electron chi connectivity index (χ4n) is 3.75. The molecule has 12 heavy (non-hydrogen) atoms. The lowest BCUT2D eigenvalue weighted by Crippen LogP contribution is -2.42. The highest BCUT2D eigenvalue weighted by Gasteiger charge is 2.49. The molecule has 0 amide bonds. The Labute approximate surface area is 75.9 Å². The molecule has 0 aromatic rings. The predicted octanol–water partition coefficient (Wildman–Crippen LogP) is 2.42. The van der Waals surface area contributed by atoms with Gasteiger partial charge in [0.05, 0.1) is 0 Å². The van der Waals surface area contributed by atoms with Crippen LogP contribution in [-0.2, 0) is 0 Å². The van der Waals surface area contributed by atoms with Crippen molar-refractivity contribution in [2.45, 2.75) is 45.1 Å². The van der Waals surface area contributed by atoms with Gasteiger partial charge in [0.1, 0.15) is 0 Å². The summed E-state index contributed by atoms with van der Waals surface area (Å²) in [5.41, 5.74) is 0.541. The van der Waals surface area contributed by atoms with Gasteiger partial charge in [-0.1, -0.05) is 13.8 Å². The van der Waals surface area contributed by atoms with Crippen molar-refractivity contribution in [1.29, 1.82) is 0 Å². The third-order valence-corrected chi connectivity index (χ3v) is 4.08. The molecule has 2 rings (SSSR count). The van der Waals surface area contributed by atoms with Gasteiger partial charge in [0, 0.05) is 5.54 Å². The lowest BCUT2D eigenvalue weighted by atomic mass is 9.90. The highest BCUT2D eigenvalue weighted by Crippen LogP contribution is 2.51. The molecule has 0 aliphatic heterocycles. The van der Waals surface area contributed by atoms with Gasteiger partial charge in [-0.25, -0.2) is 0 Å². The molecule has 0 bridgehead atoms. The zero-order valence-corrected chi connectivity index (χ0v) is 8.56. The Hall–Kier alpha value is -0.0400. The summed E-state index contributed by atoms with van der Waals surface area (Å²) >= 11 is 0. The quantitative estimate of drug-likeness (QED) is 0.632.